The number of unbranched alkanes of at least 4 members (excludes halogenated alkanes) is 17. The van der Waals surface area contributed by atoms with Gasteiger partial charge in [0.1, 0.15) is 12.2 Å². The second kappa shape index (κ2) is 23.4. The van der Waals surface area contributed by atoms with Crippen LogP contribution >= 0.6 is 0 Å². The van der Waals surface area contributed by atoms with Crippen molar-refractivity contribution in [3.63, 3.8) is 0 Å². The first-order valence-corrected chi connectivity index (χ1v) is 12.9. The maximum absolute atomic E-state index is 11.8. The number of carbonyl (C=O) groups excluding carboxylic acids is 2. The lowest BCUT2D eigenvalue weighted by Crippen LogP contribution is -2.12. The molecule has 3 heteroatoms. The zero-order valence-corrected chi connectivity index (χ0v) is 19.8. The van der Waals surface area contributed by atoms with E-state index in [0.717, 1.165) is 25.7 Å². The van der Waals surface area contributed by atoms with Gasteiger partial charge in [-0.25, -0.2) is 0 Å². The molecule has 0 aliphatic heterocycles. The molecule has 0 aromatic heterocycles. The van der Waals surface area contributed by atoms with Crippen molar-refractivity contribution in [3.8, 4) is 0 Å². The fourth-order valence-corrected chi connectivity index (χ4v) is 3.71. The summed E-state index contributed by atoms with van der Waals surface area (Å²) in [5.74, 6) is -0.300. The van der Waals surface area contributed by atoms with Crippen molar-refractivity contribution >= 4 is 11.8 Å². The van der Waals surface area contributed by atoms with E-state index in [1.165, 1.54) is 96.3 Å². The van der Waals surface area contributed by atoms with E-state index in [9.17, 15) is 9.59 Å². The molecule has 0 saturated carbocycles. The van der Waals surface area contributed by atoms with Gasteiger partial charge in [0.05, 0.1) is 6.61 Å². The maximum atomic E-state index is 11.8. The predicted molar refractivity (Wildman–Crippen MR) is 124 cm³/mol. The lowest BCUT2D eigenvalue weighted by molar-refractivity contribution is -0.146. The van der Waals surface area contributed by atoms with Crippen LogP contribution in [0.2, 0.25) is 0 Å². The van der Waals surface area contributed by atoms with Crippen LogP contribution < -0.4 is 0 Å². The van der Waals surface area contributed by atoms with E-state index in [4.69, 9.17) is 4.74 Å². The van der Waals surface area contributed by atoms with Crippen LogP contribution in [0.5, 0.6) is 0 Å². The Labute approximate surface area is 181 Å². The normalized spacial score (nSPS) is 11.0. The Morgan fingerprint density at radius 1 is 0.517 bits per heavy atom. The molecule has 0 saturated heterocycles. The van der Waals surface area contributed by atoms with Gasteiger partial charge in [0.15, 0.2) is 0 Å². The second-order valence-corrected chi connectivity index (χ2v) is 8.70. The molecule has 0 amide bonds. The van der Waals surface area contributed by atoms with Gasteiger partial charge in [-0.15, -0.1) is 0 Å². The molecular formula is C26H50O3. The fraction of sp³-hybridized carbons (Fsp3) is 0.923. The molecule has 0 aliphatic carbocycles. The quantitative estimate of drug-likeness (QED) is 0.0965. The minimum absolute atomic E-state index is 0.0353. The van der Waals surface area contributed by atoms with Crippen molar-refractivity contribution < 1.29 is 14.3 Å². The highest BCUT2D eigenvalue weighted by molar-refractivity contribution is 5.95. The van der Waals surface area contributed by atoms with E-state index in [-0.39, 0.29) is 18.2 Å². The number of ether oxygens (including phenoxy) is 1. The first-order chi connectivity index (χ1) is 14.2. The lowest BCUT2D eigenvalue weighted by Gasteiger charge is -2.05. The summed E-state index contributed by atoms with van der Waals surface area (Å²) >= 11 is 0. The number of hydrogen-bond acceptors (Lipinski definition) is 3. The van der Waals surface area contributed by atoms with Crippen LogP contribution in [0.25, 0.3) is 0 Å². The van der Waals surface area contributed by atoms with E-state index < -0.39 is 0 Å². The van der Waals surface area contributed by atoms with Crippen LogP contribution in [0.15, 0.2) is 0 Å². The number of hydrogen-bond donors (Lipinski definition) is 0. The zero-order chi connectivity index (χ0) is 21.4. The number of carbonyl (C=O) groups is 2. The number of rotatable bonds is 23. The molecule has 29 heavy (non-hydrogen) atoms. The van der Waals surface area contributed by atoms with Crippen LogP contribution in [-0.4, -0.2) is 18.4 Å². The summed E-state index contributed by atoms with van der Waals surface area (Å²) in [6.45, 7) is 4.89. The third-order valence-electron chi connectivity index (χ3n) is 5.66. The van der Waals surface area contributed by atoms with Gasteiger partial charge in [0.25, 0.3) is 0 Å². The van der Waals surface area contributed by atoms with E-state index in [1.807, 2.05) is 0 Å². The van der Waals surface area contributed by atoms with Gasteiger partial charge in [-0.1, -0.05) is 123 Å². The van der Waals surface area contributed by atoms with Gasteiger partial charge >= 0.3 is 5.97 Å². The standard InChI is InChI=1S/C26H50O3/c1-3-5-7-9-10-11-12-13-14-15-16-17-18-19-20-22-25(27)24-26(28)29-23-21-8-6-4-2/h3-24H2,1-2H3. The van der Waals surface area contributed by atoms with E-state index in [1.54, 1.807) is 0 Å². The third kappa shape index (κ3) is 23.3. The highest BCUT2D eigenvalue weighted by Gasteiger charge is 2.10. The topological polar surface area (TPSA) is 43.4 Å². The van der Waals surface area contributed by atoms with Crippen molar-refractivity contribution in [2.75, 3.05) is 6.61 Å². The Bertz CT molecular complexity index is 365. The molecule has 0 unspecified atom stereocenters. The van der Waals surface area contributed by atoms with Crippen LogP contribution in [0.3, 0.4) is 0 Å². The summed E-state index contributed by atoms with van der Waals surface area (Å²) < 4.78 is 5.13. The minimum Gasteiger partial charge on any atom is -0.465 e. The van der Waals surface area contributed by atoms with Crippen molar-refractivity contribution in [1.82, 2.24) is 0 Å². The molecule has 0 rings (SSSR count). The van der Waals surface area contributed by atoms with E-state index in [2.05, 4.69) is 13.8 Å². The van der Waals surface area contributed by atoms with Crippen molar-refractivity contribution in [3.05, 3.63) is 0 Å². The maximum Gasteiger partial charge on any atom is 0.313 e. The largest absolute Gasteiger partial charge is 0.465 e. The summed E-state index contributed by atoms with van der Waals surface area (Å²) in [5, 5.41) is 0. The molecule has 0 bridgehead atoms. The summed E-state index contributed by atoms with van der Waals surface area (Å²) in [5.41, 5.74) is 0. The summed E-state index contributed by atoms with van der Waals surface area (Å²) in [6.07, 6.45) is 24.7. The number of Topliss-reactive ketones (excluding diaryl/α,β-unsaturated/α-hetero) is 1. The monoisotopic (exact) mass is 410 g/mol. The first kappa shape index (κ1) is 28.1. The minimum atomic E-state index is -0.340. The predicted octanol–water partition coefficient (Wildman–Crippen LogP) is 8.33. The highest BCUT2D eigenvalue weighted by Crippen LogP contribution is 2.14. The average Bonchev–Trinajstić information content (AvgIpc) is 2.70. The van der Waals surface area contributed by atoms with Gasteiger partial charge < -0.3 is 4.74 Å². The Morgan fingerprint density at radius 3 is 1.34 bits per heavy atom. The van der Waals surface area contributed by atoms with E-state index >= 15 is 0 Å². The van der Waals surface area contributed by atoms with Gasteiger partial charge in [0.2, 0.25) is 0 Å². The Hall–Kier alpha value is -0.860. The fourth-order valence-electron chi connectivity index (χ4n) is 3.71. The van der Waals surface area contributed by atoms with Crippen LogP contribution in [0.4, 0.5) is 0 Å². The van der Waals surface area contributed by atoms with E-state index in [0.29, 0.717) is 13.0 Å². The molecule has 0 atom stereocenters. The van der Waals surface area contributed by atoms with Crippen LogP contribution in [0.1, 0.15) is 149 Å². The average molecular weight is 411 g/mol. The summed E-state index contributed by atoms with van der Waals surface area (Å²) in [6, 6.07) is 0. The van der Waals surface area contributed by atoms with Gasteiger partial charge in [-0.05, 0) is 12.8 Å². The Balaban J connectivity index is 3.25. The molecule has 0 heterocycles. The zero-order valence-electron chi connectivity index (χ0n) is 19.8. The van der Waals surface area contributed by atoms with Crippen molar-refractivity contribution in [1.29, 1.82) is 0 Å². The molecule has 0 spiro atoms. The number of esters is 1. The van der Waals surface area contributed by atoms with Crippen molar-refractivity contribution in [2.24, 2.45) is 0 Å². The van der Waals surface area contributed by atoms with Gasteiger partial charge in [-0.2, -0.15) is 0 Å². The molecule has 3 nitrogen and oxygen atoms in total. The van der Waals surface area contributed by atoms with Crippen molar-refractivity contribution in [2.45, 2.75) is 149 Å². The first-order valence-electron chi connectivity index (χ1n) is 12.9. The van der Waals surface area contributed by atoms with Crippen LogP contribution in [-0.2, 0) is 14.3 Å². The number of ketones is 1. The highest BCUT2D eigenvalue weighted by atomic mass is 16.5. The van der Waals surface area contributed by atoms with Gasteiger partial charge in [0, 0.05) is 6.42 Å². The molecule has 0 radical (unpaired) electrons. The third-order valence-corrected chi connectivity index (χ3v) is 5.66. The molecular weight excluding hydrogens is 360 g/mol. The Kier molecular flexibility index (Phi) is 22.7. The Morgan fingerprint density at radius 2 is 0.897 bits per heavy atom. The van der Waals surface area contributed by atoms with Crippen LogP contribution in [0, 0.1) is 0 Å². The molecule has 172 valence electrons. The smallest absolute Gasteiger partial charge is 0.313 e. The van der Waals surface area contributed by atoms with Gasteiger partial charge in [-0.3, -0.25) is 9.59 Å². The summed E-state index contributed by atoms with van der Waals surface area (Å²) in [4.78, 5) is 23.4. The SMILES string of the molecule is CCCCCCCCCCCCCCCCCC(=O)CC(=O)OCCCCCC. The lowest BCUT2D eigenvalue weighted by atomic mass is 10.0. The molecule has 0 fully saturated rings. The summed E-state index contributed by atoms with van der Waals surface area (Å²) in [7, 11) is 0. The molecule has 0 aromatic rings. The molecule has 0 N–H and O–H groups in total. The molecule has 0 aromatic carbocycles. The molecule has 0 aliphatic rings. The second-order valence-electron chi connectivity index (χ2n) is 8.70.